The number of aryl methyl sites for hydroxylation is 1. The van der Waals surface area contributed by atoms with Crippen molar-refractivity contribution in [3.8, 4) is 29.6 Å². The molecule has 13 rings (SSSR count). The summed E-state index contributed by atoms with van der Waals surface area (Å²) in [4.78, 5) is 74.5. The van der Waals surface area contributed by atoms with Crippen molar-refractivity contribution in [3.63, 3.8) is 0 Å². The smallest absolute Gasteiger partial charge is 0.409 e. The summed E-state index contributed by atoms with van der Waals surface area (Å²) in [7, 11) is 1.72. The van der Waals surface area contributed by atoms with Crippen molar-refractivity contribution in [2.24, 2.45) is 7.05 Å². The van der Waals surface area contributed by atoms with Gasteiger partial charge in [0.15, 0.2) is 5.82 Å². The molecule has 20 heteroatoms. The number of anilines is 1. The van der Waals surface area contributed by atoms with E-state index in [2.05, 4.69) is 36.2 Å². The summed E-state index contributed by atoms with van der Waals surface area (Å²) in [6.45, 7) is 5.96. The highest BCUT2D eigenvalue weighted by Gasteiger charge is 2.50. The van der Waals surface area contributed by atoms with E-state index in [4.69, 9.17) is 30.6 Å². The minimum Gasteiger partial charge on any atom is -0.461 e. The van der Waals surface area contributed by atoms with Crippen LogP contribution in [-0.4, -0.2) is 152 Å². The van der Waals surface area contributed by atoms with Gasteiger partial charge in [0, 0.05) is 94.6 Å². The zero-order valence-corrected chi connectivity index (χ0v) is 43.0. The number of rotatable bonds is 12. The summed E-state index contributed by atoms with van der Waals surface area (Å²) < 4.78 is 54.5. The number of aromatic nitrogens is 5. The molecule has 7 fully saturated rings. The minimum atomic E-state index is -0.735. The topological polar surface area (TPSA) is 182 Å². The average molecular weight is 1050 g/mol. The van der Waals surface area contributed by atoms with E-state index in [0.717, 1.165) is 69.2 Å². The molecule has 3 amide bonds. The molecule has 3 unspecified atom stereocenters. The molecule has 0 saturated carbocycles. The van der Waals surface area contributed by atoms with Crippen molar-refractivity contribution in [2.75, 3.05) is 63.9 Å². The van der Waals surface area contributed by atoms with Crippen LogP contribution in [0.25, 0.3) is 44.0 Å². The zero-order chi connectivity index (χ0) is 52.7. The molecule has 10 heterocycles. The summed E-state index contributed by atoms with van der Waals surface area (Å²) in [6, 6.07) is 13.9. The number of benzene rings is 3. The first-order valence-corrected chi connectivity index (χ1v) is 27.2. The lowest BCUT2D eigenvalue weighted by Crippen LogP contribution is -2.54. The van der Waals surface area contributed by atoms with Crippen molar-refractivity contribution in [1.82, 2.24) is 49.4 Å². The molecule has 77 heavy (non-hydrogen) atoms. The number of para-hydroxylation sites is 1. The Morgan fingerprint density at radius 1 is 0.909 bits per heavy atom. The summed E-state index contributed by atoms with van der Waals surface area (Å²) in [5, 5.41) is 7.58. The first kappa shape index (κ1) is 49.5. The van der Waals surface area contributed by atoms with Gasteiger partial charge in [0.25, 0.3) is 0 Å². The van der Waals surface area contributed by atoms with E-state index < -0.39 is 23.6 Å². The van der Waals surface area contributed by atoms with E-state index in [1.165, 1.54) is 10.6 Å². The summed E-state index contributed by atoms with van der Waals surface area (Å²) in [6.07, 6.45) is 14.7. The van der Waals surface area contributed by atoms with Crippen LogP contribution < -0.4 is 26.0 Å². The van der Waals surface area contributed by atoms with Gasteiger partial charge in [-0.1, -0.05) is 42.3 Å². The van der Waals surface area contributed by atoms with E-state index in [9.17, 15) is 19.2 Å². The predicted molar refractivity (Wildman–Crippen MR) is 282 cm³/mol. The third kappa shape index (κ3) is 8.84. The molecular weight excluding hydrogens is 989 g/mol. The lowest BCUT2D eigenvalue weighted by molar-refractivity contribution is -0.135. The highest BCUT2D eigenvalue weighted by atomic mass is 19.1. The zero-order valence-electron chi connectivity index (χ0n) is 43.0. The van der Waals surface area contributed by atoms with Crippen LogP contribution in [0.2, 0.25) is 0 Å². The summed E-state index contributed by atoms with van der Waals surface area (Å²) >= 11 is 0. The molecule has 7 aliphatic heterocycles. The van der Waals surface area contributed by atoms with Crippen molar-refractivity contribution in [1.29, 1.82) is 0 Å². The van der Waals surface area contributed by atoms with Crippen LogP contribution >= 0.6 is 0 Å². The molecule has 3 aromatic carbocycles. The highest BCUT2D eigenvalue weighted by Crippen LogP contribution is 2.44. The normalized spacial score (nSPS) is 25.2. The van der Waals surface area contributed by atoms with Gasteiger partial charge in [0.05, 0.1) is 39.7 Å². The molecular formula is C57H61F2N11O7. The van der Waals surface area contributed by atoms with Crippen LogP contribution in [0.15, 0.2) is 59.5 Å². The SMILES string of the molecule is C#Cc1c(F)ccc2cccc(-c3ncc4c(N5CC6CCC(C5)N6)nc(OC[C@@]56CCCN5[C@H](COC(=O)N5CCC(OC7CN(Cc8cccc9c8n(C)c(=O)n9C8CCC(=O)NC8=O)C7)CC5)CC6)nc4c3F)c12. The van der Waals surface area contributed by atoms with Gasteiger partial charge >= 0.3 is 17.8 Å². The number of fused-ring (bicyclic) bond motifs is 6. The average Bonchev–Trinajstić information content (AvgIpc) is 4.28. The fraction of sp³-hybridized carbons (Fsp3) is 0.491. The number of carbonyl (C=O) groups excluding carboxylic acids is 3. The molecule has 2 bridgehead atoms. The Morgan fingerprint density at radius 2 is 1.71 bits per heavy atom. The van der Waals surface area contributed by atoms with Crippen LogP contribution in [0.4, 0.5) is 19.4 Å². The van der Waals surface area contributed by atoms with Gasteiger partial charge in [-0.05, 0) is 87.4 Å². The van der Waals surface area contributed by atoms with Crippen LogP contribution in [0.3, 0.4) is 0 Å². The lowest BCUT2D eigenvalue weighted by atomic mass is 9.95. The Morgan fingerprint density at radius 3 is 2.51 bits per heavy atom. The maximum atomic E-state index is 17.2. The number of piperidine rings is 2. The number of imidazole rings is 1. The molecule has 400 valence electrons. The van der Waals surface area contributed by atoms with Crippen molar-refractivity contribution in [3.05, 3.63) is 88.0 Å². The van der Waals surface area contributed by atoms with Gasteiger partial charge in [-0.3, -0.25) is 38.8 Å². The number of hydrogen-bond donors (Lipinski definition) is 2. The number of amides is 3. The molecule has 0 spiro atoms. The van der Waals surface area contributed by atoms with E-state index in [1.54, 1.807) is 40.9 Å². The summed E-state index contributed by atoms with van der Waals surface area (Å²) in [5.41, 5.74) is 2.31. The number of piperazine rings is 1. The van der Waals surface area contributed by atoms with Gasteiger partial charge in [0.1, 0.15) is 42.1 Å². The maximum Gasteiger partial charge on any atom is 0.409 e. The van der Waals surface area contributed by atoms with E-state index in [1.807, 2.05) is 24.3 Å². The first-order valence-electron chi connectivity index (χ1n) is 27.2. The number of ether oxygens (including phenoxy) is 3. The maximum absolute atomic E-state index is 17.2. The number of carbonyl (C=O) groups is 3. The third-order valence-corrected chi connectivity index (χ3v) is 17.6. The van der Waals surface area contributed by atoms with Crippen LogP contribution in [0.1, 0.15) is 81.4 Å². The van der Waals surface area contributed by atoms with Crippen molar-refractivity contribution < 1.29 is 37.4 Å². The Balaban J connectivity index is 0.628. The largest absolute Gasteiger partial charge is 0.461 e. The summed E-state index contributed by atoms with van der Waals surface area (Å²) in [5.74, 6) is 1.02. The monoisotopic (exact) mass is 1050 g/mol. The number of nitrogens with one attached hydrogen (secondary N) is 2. The fourth-order valence-corrected chi connectivity index (χ4v) is 13.7. The van der Waals surface area contributed by atoms with Gasteiger partial charge in [-0.15, -0.1) is 6.42 Å². The van der Waals surface area contributed by atoms with Gasteiger partial charge in [-0.2, -0.15) is 9.97 Å². The Hall–Kier alpha value is -7.05. The van der Waals surface area contributed by atoms with Gasteiger partial charge in [-0.25, -0.2) is 18.4 Å². The molecule has 5 atom stereocenters. The number of pyridine rings is 1. The number of hydrogen-bond acceptors (Lipinski definition) is 14. The second-order valence-electron chi connectivity index (χ2n) is 22.2. The number of halogens is 2. The predicted octanol–water partition coefficient (Wildman–Crippen LogP) is 5.55. The molecule has 7 aliphatic rings. The van der Waals surface area contributed by atoms with Crippen LogP contribution in [-0.2, 0) is 32.7 Å². The van der Waals surface area contributed by atoms with Crippen LogP contribution in [0.5, 0.6) is 6.01 Å². The lowest BCUT2D eigenvalue weighted by Gasteiger charge is -2.42. The second kappa shape index (κ2) is 19.8. The number of nitrogens with zero attached hydrogens (tertiary/aromatic N) is 9. The van der Waals surface area contributed by atoms with Gasteiger partial charge < -0.3 is 29.3 Å². The van der Waals surface area contributed by atoms with Crippen molar-refractivity contribution >= 4 is 56.4 Å². The Bertz CT molecular complexity index is 3460. The first-order chi connectivity index (χ1) is 37.4. The molecule has 0 aliphatic carbocycles. The van der Waals surface area contributed by atoms with E-state index in [-0.39, 0.29) is 102 Å². The minimum absolute atomic E-state index is 0.0104. The van der Waals surface area contributed by atoms with Crippen LogP contribution in [0, 0.1) is 24.0 Å². The van der Waals surface area contributed by atoms with Gasteiger partial charge in [0.2, 0.25) is 11.8 Å². The highest BCUT2D eigenvalue weighted by molar-refractivity contribution is 6.02. The quantitative estimate of drug-likeness (QED) is 0.115. The molecule has 7 saturated heterocycles. The molecule has 2 N–H and O–H groups in total. The number of likely N-dealkylation sites (tertiary alicyclic amines) is 2. The number of terminal acetylenes is 1. The van der Waals surface area contributed by atoms with E-state index >= 15 is 8.78 Å². The fourth-order valence-electron chi connectivity index (χ4n) is 13.7. The number of imide groups is 1. The Kier molecular flexibility index (Phi) is 12.7. The molecule has 3 aromatic heterocycles. The van der Waals surface area contributed by atoms with Crippen molar-refractivity contribution in [2.45, 2.75) is 113 Å². The standard InChI is InChI=1S/C57H61F2N11O7/c1-3-40-43(58)14-11-33-7-4-9-41(47(33)40)49-48(59)50-42(25-60-49)52(68-27-35-12-13-36(28-68)61-35)64-54(63-50)76-32-57-20-6-22-69(57)37(17-21-57)31-75-56(74)67-23-18-38(19-24-67)77-39-29-66(30-39)26-34-8-5-10-44-51(34)65(2)55(73)70(44)45-15-16-46(71)62-53(45)72/h1,4-5,7-11,14,25,35-39,45,61H,6,12-13,15-24,26-32H2,2H3,(H,62,71,72)/t35?,36?,37-,45?,57-/m0/s1. The molecule has 6 aromatic rings. The second-order valence-corrected chi connectivity index (χ2v) is 22.2. The molecule has 0 radical (unpaired) electrons. The Labute approximate surface area is 443 Å². The van der Waals surface area contributed by atoms with E-state index in [0.29, 0.717) is 78.6 Å². The molecule has 18 nitrogen and oxygen atoms in total. The third-order valence-electron chi connectivity index (χ3n) is 17.6.